The van der Waals surface area contributed by atoms with Gasteiger partial charge in [0, 0.05) is 23.8 Å². The summed E-state index contributed by atoms with van der Waals surface area (Å²) < 4.78 is 0. The molecule has 0 saturated heterocycles. The third kappa shape index (κ3) is 5.12. The maximum absolute atomic E-state index is 12.4. The number of rotatable bonds is 5. The fourth-order valence-electron chi connectivity index (χ4n) is 3.27. The van der Waals surface area contributed by atoms with Crippen LogP contribution in [0.4, 0.5) is 5.82 Å². The standard InChI is InChI=1S/C20H23Cl2N3O/c1-13-2-9-19(23-11-13)24-12-14-3-6-16(7-4-14)25-20(26)17-10-15(21)5-8-18(17)22/h2,5,8-11,14,16H,3-4,6-7,12H2,1H3,(H,23,24)(H,25,26). The summed E-state index contributed by atoms with van der Waals surface area (Å²) in [5, 5.41) is 7.43. The second-order valence-electron chi connectivity index (χ2n) is 6.92. The molecule has 6 heteroatoms. The number of benzene rings is 1. The van der Waals surface area contributed by atoms with Gasteiger partial charge in [-0.2, -0.15) is 0 Å². The second-order valence-corrected chi connectivity index (χ2v) is 7.76. The van der Waals surface area contributed by atoms with Crippen LogP contribution in [0.2, 0.25) is 10.0 Å². The smallest absolute Gasteiger partial charge is 0.253 e. The van der Waals surface area contributed by atoms with Gasteiger partial charge in [0.25, 0.3) is 5.91 Å². The van der Waals surface area contributed by atoms with Gasteiger partial charge < -0.3 is 10.6 Å². The normalized spacial score (nSPS) is 19.8. The quantitative estimate of drug-likeness (QED) is 0.745. The van der Waals surface area contributed by atoms with E-state index in [-0.39, 0.29) is 11.9 Å². The maximum Gasteiger partial charge on any atom is 0.253 e. The number of anilines is 1. The first-order valence-electron chi connectivity index (χ1n) is 8.93. The zero-order chi connectivity index (χ0) is 18.5. The molecule has 2 aromatic rings. The molecule has 1 aliphatic carbocycles. The van der Waals surface area contributed by atoms with Gasteiger partial charge in [-0.1, -0.05) is 29.3 Å². The molecule has 0 radical (unpaired) electrons. The van der Waals surface area contributed by atoms with Crippen molar-refractivity contribution in [2.24, 2.45) is 5.92 Å². The van der Waals surface area contributed by atoms with E-state index in [9.17, 15) is 4.79 Å². The predicted octanol–water partition coefficient (Wildman–Crippen LogP) is 5.10. The largest absolute Gasteiger partial charge is 0.370 e. The van der Waals surface area contributed by atoms with Gasteiger partial charge in [-0.25, -0.2) is 4.98 Å². The van der Waals surface area contributed by atoms with Crippen LogP contribution in [-0.4, -0.2) is 23.5 Å². The monoisotopic (exact) mass is 391 g/mol. The summed E-state index contributed by atoms with van der Waals surface area (Å²) in [6.07, 6.45) is 5.96. The lowest BCUT2D eigenvalue weighted by molar-refractivity contribution is 0.0923. The number of aromatic nitrogens is 1. The topological polar surface area (TPSA) is 54.0 Å². The number of nitrogens with one attached hydrogen (secondary N) is 2. The molecule has 1 aromatic carbocycles. The fraction of sp³-hybridized carbons (Fsp3) is 0.400. The van der Waals surface area contributed by atoms with E-state index >= 15 is 0 Å². The zero-order valence-corrected chi connectivity index (χ0v) is 16.3. The third-order valence-electron chi connectivity index (χ3n) is 4.84. The van der Waals surface area contributed by atoms with E-state index in [0.717, 1.165) is 43.6 Å². The number of hydrogen-bond acceptors (Lipinski definition) is 3. The van der Waals surface area contributed by atoms with E-state index in [2.05, 4.69) is 21.7 Å². The third-order valence-corrected chi connectivity index (χ3v) is 5.40. The van der Waals surface area contributed by atoms with Gasteiger partial charge in [0.05, 0.1) is 10.6 Å². The molecule has 1 heterocycles. The fourth-order valence-corrected chi connectivity index (χ4v) is 3.64. The Kier molecular flexibility index (Phi) is 6.38. The number of nitrogens with zero attached hydrogens (tertiary/aromatic N) is 1. The van der Waals surface area contributed by atoms with Crippen LogP contribution >= 0.6 is 23.2 Å². The van der Waals surface area contributed by atoms with Crippen LogP contribution in [0.3, 0.4) is 0 Å². The highest BCUT2D eigenvalue weighted by Gasteiger charge is 2.23. The summed E-state index contributed by atoms with van der Waals surface area (Å²) in [4.78, 5) is 16.8. The minimum atomic E-state index is -0.150. The molecule has 2 N–H and O–H groups in total. The first-order chi connectivity index (χ1) is 12.5. The van der Waals surface area contributed by atoms with Crippen molar-refractivity contribution in [3.05, 3.63) is 57.7 Å². The summed E-state index contributed by atoms with van der Waals surface area (Å²) in [5.74, 6) is 1.37. The molecule has 1 aliphatic rings. The molecule has 1 aromatic heterocycles. The second kappa shape index (κ2) is 8.74. The molecule has 26 heavy (non-hydrogen) atoms. The first kappa shape index (κ1) is 19.0. The predicted molar refractivity (Wildman–Crippen MR) is 107 cm³/mol. The number of carbonyl (C=O) groups is 1. The van der Waals surface area contributed by atoms with Crippen molar-refractivity contribution in [3.8, 4) is 0 Å². The van der Waals surface area contributed by atoms with Crippen molar-refractivity contribution >= 4 is 34.9 Å². The van der Waals surface area contributed by atoms with E-state index < -0.39 is 0 Å². The highest BCUT2D eigenvalue weighted by atomic mass is 35.5. The van der Waals surface area contributed by atoms with Crippen molar-refractivity contribution in [1.82, 2.24) is 10.3 Å². The molecule has 3 rings (SSSR count). The van der Waals surface area contributed by atoms with Crippen molar-refractivity contribution in [1.29, 1.82) is 0 Å². The molecule has 138 valence electrons. The van der Waals surface area contributed by atoms with Gasteiger partial charge in [-0.3, -0.25) is 4.79 Å². The molecule has 0 spiro atoms. The van der Waals surface area contributed by atoms with Gasteiger partial charge >= 0.3 is 0 Å². The molecule has 0 unspecified atom stereocenters. The van der Waals surface area contributed by atoms with Crippen LogP contribution < -0.4 is 10.6 Å². The van der Waals surface area contributed by atoms with Gasteiger partial charge in [-0.05, 0) is 68.4 Å². The van der Waals surface area contributed by atoms with Crippen molar-refractivity contribution in [3.63, 3.8) is 0 Å². The number of carbonyl (C=O) groups excluding carboxylic acids is 1. The summed E-state index contributed by atoms with van der Waals surface area (Å²) in [6.45, 7) is 2.94. The number of pyridine rings is 1. The van der Waals surface area contributed by atoms with Crippen molar-refractivity contribution in [2.45, 2.75) is 38.6 Å². The number of amides is 1. The minimum Gasteiger partial charge on any atom is -0.370 e. The Morgan fingerprint density at radius 3 is 2.62 bits per heavy atom. The average Bonchev–Trinajstić information content (AvgIpc) is 2.64. The Hall–Kier alpha value is -1.78. The van der Waals surface area contributed by atoms with Crippen molar-refractivity contribution in [2.75, 3.05) is 11.9 Å². The van der Waals surface area contributed by atoms with Crippen molar-refractivity contribution < 1.29 is 4.79 Å². The highest BCUT2D eigenvalue weighted by Crippen LogP contribution is 2.26. The molecule has 0 atom stereocenters. The number of halogens is 2. The lowest BCUT2D eigenvalue weighted by Crippen LogP contribution is -2.38. The SMILES string of the molecule is Cc1ccc(NCC2CCC(NC(=O)c3cc(Cl)ccc3Cl)CC2)nc1. The molecule has 0 bridgehead atoms. The van der Waals surface area contributed by atoms with E-state index in [0.29, 0.717) is 21.5 Å². The lowest BCUT2D eigenvalue weighted by atomic mass is 9.86. The van der Waals surface area contributed by atoms with E-state index in [1.807, 2.05) is 19.2 Å². The Labute approximate surface area is 164 Å². The Balaban J connectivity index is 1.45. The molecular formula is C20H23Cl2N3O. The van der Waals surface area contributed by atoms with Crippen LogP contribution in [0.1, 0.15) is 41.6 Å². The van der Waals surface area contributed by atoms with E-state index in [1.165, 1.54) is 0 Å². The Morgan fingerprint density at radius 2 is 1.92 bits per heavy atom. The Bertz CT molecular complexity index is 756. The van der Waals surface area contributed by atoms with Crippen LogP contribution in [0, 0.1) is 12.8 Å². The van der Waals surface area contributed by atoms with Gasteiger partial charge in [0.2, 0.25) is 0 Å². The summed E-state index contributed by atoms with van der Waals surface area (Å²) in [6, 6.07) is 9.20. The van der Waals surface area contributed by atoms with Gasteiger partial charge in [0.15, 0.2) is 0 Å². The summed E-state index contributed by atoms with van der Waals surface area (Å²) in [7, 11) is 0. The summed E-state index contributed by atoms with van der Waals surface area (Å²) in [5.41, 5.74) is 1.60. The Morgan fingerprint density at radius 1 is 1.15 bits per heavy atom. The van der Waals surface area contributed by atoms with Crippen LogP contribution in [0.5, 0.6) is 0 Å². The molecule has 0 aliphatic heterocycles. The molecular weight excluding hydrogens is 369 g/mol. The number of aryl methyl sites for hydroxylation is 1. The molecule has 1 fully saturated rings. The van der Waals surface area contributed by atoms with Gasteiger partial charge in [0.1, 0.15) is 5.82 Å². The molecule has 1 saturated carbocycles. The molecule has 4 nitrogen and oxygen atoms in total. The average molecular weight is 392 g/mol. The lowest BCUT2D eigenvalue weighted by Gasteiger charge is -2.29. The zero-order valence-electron chi connectivity index (χ0n) is 14.8. The maximum atomic E-state index is 12.4. The van der Waals surface area contributed by atoms with Crippen LogP contribution in [0.25, 0.3) is 0 Å². The van der Waals surface area contributed by atoms with Crippen LogP contribution in [-0.2, 0) is 0 Å². The van der Waals surface area contributed by atoms with Crippen LogP contribution in [0.15, 0.2) is 36.5 Å². The van der Waals surface area contributed by atoms with E-state index in [4.69, 9.17) is 23.2 Å². The first-order valence-corrected chi connectivity index (χ1v) is 9.69. The molecule has 1 amide bonds. The minimum absolute atomic E-state index is 0.150. The number of hydrogen-bond donors (Lipinski definition) is 2. The van der Waals surface area contributed by atoms with Gasteiger partial charge in [-0.15, -0.1) is 0 Å². The highest BCUT2D eigenvalue weighted by molar-refractivity contribution is 6.35. The van der Waals surface area contributed by atoms with E-state index in [1.54, 1.807) is 18.2 Å². The summed E-state index contributed by atoms with van der Waals surface area (Å²) >= 11 is 12.1.